The lowest BCUT2D eigenvalue weighted by Gasteiger charge is -2.33. The van der Waals surface area contributed by atoms with E-state index in [0.717, 1.165) is 12.1 Å². The Balaban J connectivity index is 2.11. The highest BCUT2D eigenvalue weighted by Crippen LogP contribution is 2.55. The predicted octanol–water partition coefficient (Wildman–Crippen LogP) is 4.43. The zero-order valence-electron chi connectivity index (χ0n) is 13.3. The fraction of sp³-hybridized carbons (Fsp3) is 0.533. The van der Waals surface area contributed by atoms with E-state index in [1.807, 2.05) is 0 Å². The third kappa shape index (κ3) is 4.08. The number of amides is 1. The monoisotopic (exact) mass is 409 g/mol. The molecular weight excluding hydrogens is 397 g/mol. The van der Waals surface area contributed by atoms with Crippen LogP contribution < -0.4 is 4.74 Å². The van der Waals surface area contributed by atoms with Crippen LogP contribution in [-0.4, -0.2) is 42.9 Å². The van der Waals surface area contributed by atoms with E-state index in [2.05, 4.69) is 0 Å². The molecule has 1 aromatic rings. The minimum atomic E-state index is -5.63. The molecule has 0 radical (unpaired) electrons. The van der Waals surface area contributed by atoms with Crippen molar-refractivity contribution in [3.63, 3.8) is 0 Å². The molecule has 0 N–H and O–H groups in total. The van der Waals surface area contributed by atoms with E-state index in [-0.39, 0.29) is 4.90 Å². The summed E-state index contributed by atoms with van der Waals surface area (Å²) in [4.78, 5) is 12.2. The first-order valence-electron chi connectivity index (χ1n) is 7.39. The van der Waals surface area contributed by atoms with Gasteiger partial charge in [-0.15, -0.1) is 0 Å². The van der Waals surface area contributed by atoms with Crippen LogP contribution in [0.25, 0.3) is 0 Å². The lowest BCUT2D eigenvalue weighted by molar-refractivity contribution is -0.334. The molecule has 1 saturated heterocycles. The average Bonchev–Trinajstić information content (AvgIpc) is 2.98. The third-order valence-corrected chi connectivity index (χ3v) is 4.25. The fourth-order valence-corrected chi connectivity index (χ4v) is 2.70. The van der Waals surface area contributed by atoms with E-state index in [0.29, 0.717) is 6.07 Å². The summed E-state index contributed by atoms with van der Waals surface area (Å²) in [7, 11) is 0. The molecule has 1 aliphatic rings. The first kappa shape index (κ1) is 21.2. The Hall–Kier alpha value is -2.14. The molecular formula is C15H12F9NO2. The Morgan fingerprint density at radius 2 is 1.56 bits per heavy atom. The summed E-state index contributed by atoms with van der Waals surface area (Å²) >= 11 is 0. The minimum Gasteiger partial charge on any atom is -0.483 e. The molecule has 0 bridgehead atoms. The molecule has 1 aliphatic heterocycles. The van der Waals surface area contributed by atoms with Gasteiger partial charge in [0.05, 0.1) is 5.56 Å². The zero-order valence-corrected chi connectivity index (χ0v) is 13.3. The van der Waals surface area contributed by atoms with E-state index >= 15 is 0 Å². The predicted molar refractivity (Wildman–Crippen MR) is 72.7 cm³/mol. The topological polar surface area (TPSA) is 29.5 Å². The van der Waals surface area contributed by atoms with Crippen LogP contribution >= 0.6 is 0 Å². The van der Waals surface area contributed by atoms with E-state index in [1.54, 1.807) is 0 Å². The van der Waals surface area contributed by atoms with E-state index in [1.165, 1.54) is 6.07 Å². The molecule has 27 heavy (non-hydrogen) atoms. The van der Waals surface area contributed by atoms with Gasteiger partial charge in [-0.05, 0) is 18.6 Å². The number of hydrogen-bond donors (Lipinski definition) is 0. The Morgan fingerprint density at radius 1 is 1.00 bits per heavy atom. The van der Waals surface area contributed by atoms with Crippen LogP contribution in [0.2, 0.25) is 0 Å². The molecule has 0 aromatic heterocycles. The summed E-state index contributed by atoms with van der Waals surface area (Å²) < 4.78 is 121. The van der Waals surface area contributed by atoms with Crippen LogP contribution in [0.5, 0.6) is 5.75 Å². The minimum absolute atomic E-state index is 0.289. The molecule has 2 rings (SSSR count). The second-order valence-electron chi connectivity index (χ2n) is 5.93. The van der Waals surface area contributed by atoms with Gasteiger partial charge in [0.15, 0.2) is 12.0 Å². The molecule has 0 atom stereocenters. The Bertz CT molecular complexity index is 680. The summed E-state index contributed by atoms with van der Waals surface area (Å²) in [5.74, 6) is -2.03. The van der Waals surface area contributed by atoms with Crippen molar-refractivity contribution in [1.82, 2.24) is 4.90 Å². The molecule has 0 saturated carbocycles. The van der Waals surface area contributed by atoms with Crippen molar-refractivity contribution in [2.24, 2.45) is 5.41 Å². The van der Waals surface area contributed by atoms with Gasteiger partial charge in [-0.25, -0.2) is 0 Å². The Kier molecular flexibility index (Phi) is 5.32. The molecule has 152 valence electrons. The highest BCUT2D eigenvalue weighted by atomic mass is 19.4. The third-order valence-electron chi connectivity index (χ3n) is 4.25. The second kappa shape index (κ2) is 6.79. The molecule has 1 fully saturated rings. The lowest BCUT2D eigenvalue weighted by atomic mass is 9.85. The van der Waals surface area contributed by atoms with Crippen molar-refractivity contribution in [3.8, 4) is 5.75 Å². The van der Waals surface area contributed by atoms with Gasteiger partial charge in [0.1, 0.15) is 5.75 Å². The molecule has 12 heteroatoms. The maximum atomic E-state index is 13.0. The van der Waals surface area contributed by atoms with Crippen LogP contribution in [0.1, 0.15) is 12.0 Å². The SMILES string of the molecule is O=C(COc1ccccc1C(F)(F)F)N1CCC(C(F)(F)F)(C(F)(F)F)C1. The van der Waals surface area contributed by atoms with Gasteiger partial charge >= 0.3 is 18.5 Å². The molecule has 1 heterocycles. The van der Waals surface area contributed by atoms with Crippen LogP contribution in [0.3, 0.4) is 0 Å². The highest BCUT2D eigenvalue weighted by molar-refractivity contribution is 5.78. The number of para-hydroxylation sites is 1. The summed E-state index contributed by atoms with van der Waals surface area (Å²) in [6.45, 7) is -3.63. The van der Waals surface area contributed by atoms with Crippen LogP contribution in [0.15, 0.2) is 24.3 Å². The quantitative estimate of drug-likeness (QED) is 0.692. The number of nitrogens with zero attached hydrogens (tertiary/aromatic N) is 1. The standard InChI is InChI=1S/C15H12F9NO2/c16-13(17,18)9-3-1-2-4-10(9)27-7-11(26)25-6-5-12(8-25,14(19,20)21)15(22,23)24/h1-4H,5-8H2. The van der Waals surface area contributed by atoms with Crippen molar-refractivity contribution in [1.29, 1.82) is 0 Å². The molecule has 1 amide bonds. The Morgan fingerprint density at radius 3 is 2.04 bits per heavy atom. The highest BCUT2D eigenvalue weighted by Gasteiger charge is 2.72. The number of hydrogen-bond acceptors (Lipinski definition) is 2. The number of carbonyl (C=O) groups excluding carboxylic acids is 1. The first-order valence-corrected chi connectivity index (χ1v) is 7.39. The van der Waals surface area contributed by atoms with Gasteiger partial charge < -0.3 is 9.64 Å². The molecule has 0 aliphatic carbocycles. The lowest BCUT2D eigenvalue weighted by Crippen LogP contribution is -2.52. The number of ether oxygens (including phenoxy) is 1. The van der Waals surface area contributed by atoms with Crippen LogP contribution in [0.4, 0.5) is 39.5 Å². The first-order chi connectivity index (χ1) is 12.2. The van der Waals surface area contributed by atoms with Crippen LogP contribution in [0, 0.1) is 5.41 Å². The van der Waals surface area contributed by atoms with Gasteiger partial charge in [-0.3, -0.25) is 4.79 Å². The van der Waals surface area contributed by atoms with Crippen molar-refractivity contribution >= 4 is 5.91 Å². The fourth-order valence-electron chi connectivity index (χ4n) is 2.70. The van der Waals surface area contributed by atoms with Gasteiger partial charge in [0.2, 0.25) is 0 Å². The maximum Gasteiger partial charge on any atom is 0.419 e. The van der Waals surface area contributed by atoms with E-state index < -0.39 is 67.3 Å². The van der Waals surface area contributed by atoms with Crippen molar-refractivity contribution in [2.45, 2.75) is 24.9 Å². The number of halogens is 9. The number of benzene rings is 1. The van der Waals surface area contributed by atoms with Gasteiger partial charge in [0, 0.05) is 13.1 Å². The normalized spacial score (nSPS) is 17.9. The molecule has 0 unspecified atom stereocenters. The molecule has 3 nitrogen and oxygen atoms in total. The van der Waals surface area contributed by atoms with Gasteiger partial charge in [0.25, 0.3) is 5.91 Å². The largest absolute Gasteiger partial charge is 0.483 e. The van der Waals surface area contributed by atoms with E-state index in [4.69, 9.17) is 4.74 Å². The average molecular weight is 409 g/mol. The number of rotatable bonds is 3. The number of carbonyl (C=O) groups is 1. The number of alkyl halides is 9. The van der Waals surface area contributed by atoms with Crippen molar-refractivity contribution < 1.29 is 49.0 Å². The van der Waals surface area contributed by atoms with Crippen molar-refractivity contribution in [2.75, 3.05) is 19.7 Å². The van der Waals surface area contributed by atoms with Gasteiger partial charge in [-0.2, -0.15) is 39.5 Å². The summed E-state index contributed by atoms with van der Waals surface area (Å²) in [5, 5.41) is 0. The molecule has 1 aromatic carbocycles. The second-order valence-corrected chi connectivity index (χ2v) is 5.93. The molecule has 0 spiro atoms. The van der Waals surface area contributed by atoms with E-state index in [9.17, 15) is 44.3 Å². The van der Waals surface area contributed by atoms with Crippen LogP contribution in [-0.2, 0) is 11.0 Å². The zero-order chi connectivity index (χ0) is 20.7. The summed E-state index contributed by atoms with van der Waals surface area (Å²) in [5.41, 5.74) is -5.29. The smallest absolute Gasteiger partial charge is 0.419 e. The van der Waals surface area contributed by atoms with Gasteiger partial charge in [-0.1, -0.05) is 12.1 Å². The summed E-state index contributed by atoms with van der Waals surface area (Å²) in [6.07, 6.45) is -17.5. The number of likely N-dealkylation sites (tertiary alicyclic amines) is 1. The Labute approximate surface area is 146 Å². The maximum absolute atomic E-state index is 13.0. The summed E-state index contributed by atoms with van der Waals surface area (Å²) in [6, 6.07) is 3.77. The van der Waals surface area contributed by atoms with Crippen molar-refractivity contribution in [3.05, 3.63) is 29.8 Å².